The molecular formula is C11H13ClF3NO. The number of halogens is 4. The minimum atomic E-state index is -4.48. The third-order valence-corrected chi connectivity index (χ3v) is 2.73. The van der Waals surface area contributed by atoms with Crippen molar-refractivity contribution in [2.45, 2.75) is 25.1 Å². The van der Waals surface area contributed by atoms with E-state index in [0.717, 1.165) is 6.07 Å². The molecule has 0 unspecified atom stereocenters. The van der Waals surface area contributed by atoms with E-state index in [9.17, 15) is 13.2 Å². The normalized spacial score (nSPS) is 13.8. The second-order valence-corrected chi connectivity index (χ2v) is 4.12. The van der Waals surface area contributed by atoms with Gasteiger partial charge in [0.25, 0.3) is 0 Å². The van der Waals surface area contributed by atoms with E-state index in [1.165, 1.54) is 12.1 Å². The Morgan fingerprint density at radius 3 is 2.53 bits per heavy atom. The van der Waals surface area contributed by atoms with Crippen LogP contribution in [0.15, 0.2) is 18.2 Å². The molecule has 0 amide bonds. The third-order valence-electron chi connectivity index (χ3n) is 2.40. The molecule has 2 nitrogen and oxygen atoms in total. The molecule has 0 radical (unpaired) electrons. The van der Waals surface area contributed by atoms with Gasteiger partial charge in [0.1, 0.15) is 0 Å². The molecule has 0 heterocycles. The molecule has 0 aromatic heterocycles. The number of benzene rings is 1. The van der Waals surface area contributed by atoms with Crippen LogP contribution in [0.5, 0.6) is 0 Å². The van der Waals surface area contributed by atoms with Crippen LogP contribution in [0.4, 0.5) is 13.2 Å². The molecule has 1 aromatic carbocycles. The van der Waals surface area contributed by atoms with Gasteiger partial charge in [0.05, 0.1) is 10.6 Å². The zero-order valence-corrected chi connectivity index (χ0v) is 9.72. The van der Waals surface area contributed by atoms with Crippen LogP contribution in [-0.2, 0) is 6.18 Å². The van der Waals surface area contributed by atoms with Gasteiger partial charge in [0.2, 0.25) is 0 Å². The first-order valence-electron chi connectivity index (χ1n) is 5.09. The quantitative estimate of drug-likeness (QED) is 0.880. The molecule has 0 spiro atoms. The number of aliphatic hydroxyl groups is 1. The number of hydrogen-bond donors (Lipinski definition) is 2. The Morgan fingerprint density at radius 2 is 2.00 bits per heavy atom. The Hall–Kier alpha value is -0.780. The van der Waals surface area contributed by atoms with Crippen LogP contribution in [0, 0.1) is 0 Å². The van der Waals surface area contributed by atoms with Crippen molar-refractivity contribution < 1.29 is 18.3 Å². The Kier molecular flexibility index (Phi) is 4.80. The topological polar surface area (TPSA) is 46.2 Å². The minimum Gasteiger partial charge on any atom is -0.396 e. The summed E-state index contributed by atoms with van der Waals surface area (Å²) in [4.78, 5) is 0. The fraction of sp³-hybridized carbons (Fsp3) is 0.455. The molecule has 96 valence electrons. The summed E-state index contributed by atoms with van der Waals surface area (Å²) in [6, 6.07) is 3.10. The zero-order valence-electron chi connectivity index (χ0n) is 8.97. The summed E-state index contributed by atoms with van der Waals surface area (Å²) in [5, 5.41) is 8.30. The van der Waals surface area contributed by atoms with Crippen LogP contribution in [-0.4, -0.2) is 11.7 Å². The highest BCUT2D eigenvalue weighted by Crippen LogP contribution is 2.36. The van der Waals surface area contributed by atoms with Gasteiger partial charge in [-0.3, -0.25) is 0 Å². The van der Waals surface area contributed by atoms with Gasteiger partial charge in [-0.05, 0) is 30.5 Å². The lowest BCUT2D eigenvalue weighted by Gasteiger charge is -2.15. The van der Waals surface area contributed by atoms with E-state index in [1.807, 2.05) is 0 Å². The van der Waals surface area contributed by atoms with E-state index in [4.69, 9.17) is 22.4 Å². The highest BCUT2D eigenvalue weighted by Gasteiger charge is 2.33. The van der Waals surface area contributed by atoms with Crippen molar-refractivity contribution in [3.05, 3.63) is 34.3 Å². The van der Waals surface area contributed by atoms with Crippen LogP contribution >= 0.6 is 11.6 Å². The van der Waals surface area contributed by atoms with Crippen molar-refractivity contribution >= 4 is 11.6 Å². The lowest BCUT2D eigenvalue weighted by atomic mass is 10.0. The molecular weight excluding hydrogens is 255 g/mol. The van der Waals surface area contributed by atoms with E-state index >= 15 is 0 Å². The molecule has 0 saturated heterocycles. The van der Waals surface area contributed by atoms with Gasteiger partial charge in [-0.25, -0.2) is 0 Å². The Bertz CT molecular complexity index is 381. The molecule has 1 rings (SSSR count). The average Bonchev–Trinajstić information content (AvgIpc) is 2.25. The summed E-state index contributed by atoms with van der Waals surface area (Å²) in [7, 11) is 0. The Labute approximate surface area is 102 Å². The molecule has 17 heavy (non-hydrogen) atoms. The van der Waals surface area contributed by atoms with Crippen molar-refractivity contribution in [1.29, 1.82) is 0 Å². The first-order chi connectivity index (χ1) is 7.86. The molecule has 1 atom stereocenters. The maximum Gasteiger partial charge on any atom is 0.417 e. The zero-order chi connectivity index (χ0) is 13.1. The van der Waals surface area contributed by atoms with Crippen molar-refractivity contribution in [3.8, 4) is 0 Å². The smallest absolute Gasteiger partial charge is 0.396 e. The largest absolute Gasteiger partial charge is 0.417 e. The van der Waals surface area contributed by atoms with E-state index in [2.05, 4.69) is 0 Å². The summed E-state index contributed by atoms with van der Waals surface area (Å²) in [6.07, 6.45) is -3.61. The van der Waals surface area contributed by atoms with E-state index < -0.39 is 17.8 Å². The molecule has 6 heteroatoms. The van der Waals surface area contributed by atoms with Crippen LogP contribution in [0.25, 0.3) is 0 Å². The molecule has 0 aliphatic carbocycles. The molecule has 3 N–H and O–H groups in total. The van der Waals surface area contributed by atoms with Crippen molar-refractivity contribution in [3.63, 3.8) is 0 Å². The summed E-state index contributed by atoms with van der Waals surface area (Å²) in [5.74, 6) is 0. The number of alkyl halides is 3. The summed E-state index contributed by atoms with van der Waals surface area (Å²) in [5.41, 5.74) is 5.21. The standard InChI is InChI=1S/C11H13ClF3NO/c12-9-4-3-7(10(16)2-1-5-17)6-8(9)11(13,14)15/h3-4,6,10,17H,1-2,5,16H2/t10-/m1/s1. The van der Waals surface area contributed by atoms with Gasteiger partial charge >= 0.3 is 6.18 Å². The van der Waals surface area contributed by atoms with Crippen LogP contribution < -0.4 is 5.73 Å². The number of hydrogen-bond acceptors (Lipinski definition) is 2. The van der Waals surface area contributed by atoms with Gasteiger partial charge in [0, 0.05) is 12.6 Å². The second kappa shape index (κ2) is 5.71. The van der Waals surface area contributed by atoms with Gasteiger partial charge in [-0.1, -0.05) is 17.7 Å². The first-order valence-corrected chi connectivity index (χ1v) is 5.47. The summed E-state index contributed by atoms with van der Waals surface area (Å²) >= 11 is 5.49. The molecule has 0 saturated carbocycles. The first kappa shape index (κ1) is 14.3. The van der Waals surface area contributed by atoms with E-state index in [1.54, 1.807) is 0 Å². The summed E-state index contributed by atoms with van der Waals surface area (Å²) in [6.45, 7) is -0.0343. The van der Waals surface area contributed by atoms with Gasteiger partial charge in [-0.2, -0.15) is 13.2 Å². The Morgan fingerprint density at radius 1 is 1.35 bits per heavy atom. The number of nitrogens with two attached hydrogens (primary N) is 1. The average molecular weight is 268 g/mol. The minimum absolute atomic E-state index is 0.0343. The van der Waals surface area contributed by atoms with Crippen molar-refractivity contribution in [2.24, 2.45) is 5.73 Å². The summed E-state index contributed by atoms with van der Waals surface area (Å²) < 4.78 is 37.7. The lowest BCUT2D eigenvalue weighted by molar-refractivity contribution is -0.137. The highest BCUT2D eigenvalue weighted by molar-refractivity contribution is 6.31. The Balaban J connectivity index is 2.96. The molecule has 0 fully saturated rings. The van der Waals surface area contributed by atoms with Crippen LogP contribution in [0.2, 0.25) is 5.02 Å². The highest BCUT2D eigenvalue weighted by atomic mass is 35.5. The maximum atomic E-state index is 12.6. The lowest BCUT2D eigenvalue weighted by Crippen LogP contribution is -2.13. The van der Waals surface area contributed by atoms with Crippen LogP contribution in [0.1, 0.15) is 30.0 Å². The fourth-order valence-electron chi connectivity index (χ4n) is 1.47. The second-order valence-electron chi connectivity index (χ2n) is 3.71. The number of rotatable bonds is 4. The predicted octanol–water partition coefficient (Wildman–Crippen LogP) is 3.13. The van der Waals surface area contributed by atoms with Gasteiger partial charge in [0.15, 0.2) is 0 Å². The van der Waals surface area contributed by atoms with E-state index in [0.29, 0.717) is 18.4 Å². The monoisotopic (exact) mass is 267 g/mol. The SMILES string of the molecule is N[C@H](CCCO)c1ccc(Cl)c(C(F)(F)F)c1. The van der Waals surface area contributed by atoms with Crippen molar-refractivity contribution in [1.82, 2.24) is 0 Å². The predicted molar refractivity (Wildman–Crippen MR) is 59.7 cm³/mol. The number of aliphatic hydroxyl groups excluding tert-OH is 1. The fourth-order valence-corrected chi connectivity index (χ4v) is 1.69. The molecule has 0 bridgehead atoms. The molecule has 1 aromatic rings. The van der Waals surface area contributed by atoms with Gasteiger partial charge < -0.3 is 10.8 Å². The molecule has 0 aliphatic heterocycles. The van der Waals surface area contributed by atoms with Gasteiger partial charge in [-0.15, -0.1) is 0 Å². The van der Waals surface area contributed by atoms with Crippen LogP contribution in [0.3, 0.4) is 0 Å². The maximum absolute atomic E-state index is 12.6. The molecule has 0 aliphatic rings. The van der Waals surface area contributed by atoms with Crippen molar-refractivity contribution in [2.75, 3.05) is 6.61 Å². The third kappa shape index (κ3) is 3.87. The van der Waals surface area contributed by atoms with E-state index in [-0.39, 0.29) is 11.6 Å².